The summed E-state index contributed by atoms with van der Waals surface area (Å²) >= 11 is 12.0. The molecule has 8 heteroatoms. The molecule has 1 amide bonds. The number of halogens is 2. The van der Waals surface area contributed by atoms with Crippen LogP contribution in [0.1, 0.15) is 15.9 Å². The average molecular weight is 391 g/mol. The van der Waals surface area contributed by atoms with E-state index < -0.39 is 0 Å². The quantitative estimate of drug-likeness (QED) is 0.626. The molecule has 6 nitrogen and oxygen atoms in total. The number of carbonyl (C=O) groups is 1. The molecule has 26 heavy (non-hydrogen) atoms. The highest BCUT2D eigenvalue weighted by atomic mass is 35.5. The van der Waals surface area contributed by atoms with Gasteiger partial charge in [0.25, 0.3) is 5.91 Å². The van der Waals surface area contributed by atoms with Crippen LogP contribution in [0.4, 0.5) is 0 Å². The third-order valence-corrected chi connectivity index (χ3v) is 4.21. The molecule has 0 saturated heterocycles. The Labute approximate surface area is 160 Å². The first-order valence-corrected chi connectivity index (χ1v) is 8.64. The second-order valence-electron chi connectivity index (χ2n) is 5.47. The molecule has 3 rings (SSSR count). The molecule has 0 aliphatic rings. The van der Waals surface area contributed by atoms with Gasteiger partial charge < -0.3 is 10.1 Å². The molecule has 0 spiro atoms. The largest absolute Gasteiger partial charge is 0.375 e. The van der Waals surface area contributed by atoms with Crippen molar-refractivity contribution in [2.24, 2.45) is 0 Å². The Bertz CT molecular complexity index is 867. The Morgan fingerprint density at radius 1 is 1.08 bits per heavy atom. The van der Waals surface area contributed by atoms with Crippen LogP contribution in [0, 0.1) is 0 Å². The Kier molecular flexibility index (Phi) is 6.22. The summed E-state index contributed by atoms with van der Waals surface area (Å²) in [5.74, 6) is -0.264. The number of aromatic nitrogens is 3. The molecule has 0 radical (unpaired) electrons. The highest BCUT2D eigenvalue weighted by Crippen LogP contribution is 2.19. The van der Waals surface area contributed by atoms with Crippen LogP contribution < -0.4 is 5.32 Å². The molecule has 1 aromatic heterocycles. The summed E-state index contributed by atoms with van der Waals surface area (Å²) in [4.78, 5) is 12.4. The average Bonchev–Trinajstić information content (AvgIpc) is 3.18. The van der Waals surface area contributed by atoms with E-state index >= 15 is 0 Å². The Morgan fingerprint density at radius 3 is 2.54 bits per heavy atom. The summed E-state index contributed by atoms with van der Waals surface area (Å²) in [6.07, 6.45) is 3.10. The Hall–Kier alpha value is -2.41. The van der Waals surface area contributed by atoms with Gasteiger partial charge in [0.2, 0.25) is 0 Å². The van der Waals surface area contributed by atoms with Gasteiger partial charge in [-0.05, 0) is 35.9 Å². The molecule has 0 aliphatic heterocycles. The number of carbonyl (C=O) groups excluding carboxylic acids is 1. The minimum absolute atomic E-state index is 0.264. The minimum Gasteiger partial charge on any atom is -0.375 e. The fraction of sp³-hybridized carbons (Fsp3) is 0.167. The van der Waals surface area contributed by atoms with E-state index in [0.29, 0.717) is 35.4 Å². The maximum Gasteiger partial charge on any atom is 0.252 e. The number of ether oxygens (including phenoxy) is 1. The van der Waals surface area contributed by atoms with Crippen molar-refractivity contribution in [2.45, 2.75) is 6.61 Å². The van der Waals surface area contributed by atoms with Gasteiger partial charge in [0, 0.05) is 17.3 Å². The van der Waals surface area contributed by atoms with Gasteiger partial charge in [-0.25, -0.2) is 0 Å². The fourth-order valence-electron chi connectivity index (χ4n) is 2.28. The monoisotopic (exact) mass is 390 g/mol. The van der Waals surface area contributed by atoms with Gasteiger partial charge in [-0.15, -0.1) is 10.2 Å². The zero-order valence-corrected chi connectivity index (χ0v) is 15.2. The number of nitrogens with one attached hydrogen (secondary N) is 1. The Balaban J connectivity index is 1.50. The molecule has 0 unspecified atom stereocenters. The number of rotatable bonds is 7. The van der Waals surface area contributed by atoms with Crippen LogP contribution in [0.15, 0.2) is 55.1 Å². The van der Waals surface area contributed by atoms with Crippen molar-refractivity contribution in [1.29, 1.82) is 0 Å². The van der Waals surface area contributed by atoms with Crippen LogP contribution in [0.5, 0.6) is 0 Å². The fourth-order valence-corrected chi connectivity index (χ4v) is 2.61. The van der Waals surface area contributed by atoms with Crippen LogP contribution >= 0.6 is 23.2 Å². The van der Waals surface area contributed by atoms with Crippen molar-refractivity contribution in [3.05, 3.63) is 76.3 Å². The van der Waals surface area contributed by atoms with Crippen molar-refractivity contribution in [3.63, 3.8) is 0 Å². The molecule has 0 atom stereocenters. The number of benzene rings is 2. The summed E-state index contributed by atoms with van der Waals surface area (Å²) in [6, 6.07) is 12.6. The van der Waals surface area contributed by atoms with Gasteiger partial charge in [0.1, 0.15) is 12.7 Å². The third kappa shape index (κ3) is 4.82. The van der Waals surface area contributed by atoms with Gasteiger partial charge in [0.15, 0.2) is 0 Å². The first-order valence-electron chi connectivity index (χ1n) is 7.88. The van der Waals surface area contributed by atoms with E-state index in [2.05, 4.69) is 15.5 Å². The molecule has 0 aliphatic carbocycles. The SMILES string of the molecule is O=C(NCCOCc1ccc(Cl)cc1)c1cc(-n2cnnc2)ccc1Cl. The van der Waals surface area contributed by atoms with E-state index in [4.69, 9.17) is 27.9 Å². The first-order chi connectivity index (χ1) is 12.6. The summed E-state index contributed by atoms with van der Waals surface area (Å²) in [5.41, 5.74) is 2.16. The second kappa shape index (κ2) is 8.80. The second-order valence-corrected chi connectivity index (χ2v) is 6.31. The maximum atomic E-state index is 12.4. The molecule has 2 aromatic carbocycles. The van der Waals surface area contributed by atoms with Crippen molar-refractivity contribution in [3.8, 4) is 5.69 Å². The molecule has 0 saturated carbocycles. The summed E-state index contributed by atoms with van der Waals surface area (Å²) in [6.45, 7) is 1.22. The van der Waals surface area contributed by atoms with E-state index in [1.165, 1.54) is 0 Å². The van der Waals surface area contributed by atoms with E-state index in [9.17, 15) is 4.79 Å². The van der Waals surface area contributed by atoms with Gasteiger partial charge in [-0.3, -0.25) is 9.36 Å². The number of hydrogen-bond donors (Lipinski definition) is 1. The molecule has 0 bridgehead atoms. The predicted molar refractivity (Wildman–Crippen MR) is 99.8 cm³/mol. The number of hydrogen-bond acceptors (Lipinski definition) is 4. The van der Waals surface area contributed by atoms with Crippen LogP contribution in [-0.2, 0) is 11.3 Å². The van der Waals surface area contributed by atoms with Crippen LogP contribution in [0.3, 0.4) is 0 Å². The number of nitrogens with zero attached hydrogens (tertiary/aromatic N) is 3. The van der Waals surface area contributed by atoms with Gasteiger partial charge in [0.05, 0.1) is 23.8 Å². The summed E-state index contributed by atoms with van der Waals surface area (Å²) in [5, 5.41) is 11.4. The summed E-state index contributed by atoms with van der Waals surface area (Å²) < 4.78 is 7.24. The van der Waals surface area contributed by atoms with E-state index in [-0.39, 0.29) is 5.91 Å². The number of amides is 1. The highest BCUT2D eigenvalue weighted by molar-refractivity contribution is 6.34. The predicted octanol–water partition coefficient (Wildman–Crippen LogP) is 3.52. The lowest BCUT2D eigenvalue weighted by Crippen LogP contribution is -2.27. The molecule has 134 valence electrons. The zero-order chi connectivity index (χ0) is 18.4. The maximum absolute atomic E-state index is 12.4. The van der Waals surface area contributed by atoms with Crippen molar-refractivity contribution in [1.82, 2.24) is 20.1 Å². The normalized spacial score (nSPS) is 10.7. The van der Waals surface area contributed by atoms with Crippen LogP contribution in [-0.4, -0.2) is 33.8 Å². The molecular formula is C18H16Cl2N4O2. The summed E-state index contributed by atoms with van der Waals surface area (Å²) in [7, 11) is 0. The van der Waals surface area contributed by atoms with Crippen molar-refractivity contribution >= 4 is 29.1 Å². The van der Waals surface area contributed by atoms with Gasteiger partial charge >= 0.3 is 0 Å². The molecule has 1 heterocycles. The standard InChI is InChI=1S/C18H16Cl2N4O2/c19-14-3-1-13(2-4-14)10-26-8-7-21-18(25)16-9-15(5-6-17(16)20)24-11-22-23-12-24/h1-6,9,11-12H,7-8,10H2,(H,21,25). The minimum atomic E-state index is -0.264. The molecular weight excluding hydrogens is 375 g/mol. The topological polar surface area (TPSA) is 69.0 Å². The highest BCUT2D eigenvalue weighted by Gasteiger charge is 2.11. The van der Waals surface area contributed by atoms with Gasteiger partial charge in [-0.1, -0.05) is 35.3 Å². The van der Waals surface area contributed by atoms with Crippen molar-refractivity contribution in [2.75, 3.05) is 13.2 Å². The van der Waals surface area contributed by atoms with Gasteiger partial charge in [-0.2, -0.15) is 0 Å². The smallest absolute Gasteiger partial charge is 0.252 e. The van der Waals surface area contributed by atoms with Crippen molar-refractivity contribution < 1.29 is 9.53 Å². The third-order valence-electron chi connectivity index (χ3n) is 3.63. The molecule has 0 fully saturated rings. The lowest BCUT2D eigenvalue weighted by molar-refractivity contribution is 0.0901. The lowest BCUT2D eigenvalue weighted by Gasteiger charge is -2.09. The lowest BCUT2D eigenvalue weighted by atomic mass is 10.2. The van der Waals surface area contributed by atoms with Crippen LogP contribution in [0.2, 0.25) is 10.0 Å². The van der Waals surface area contributed by atoms with E-state index in [1.807, 2.05) is 24.3 Å². The molecule has 3 aromatic rings. The van der Waals surface area contributed by atoms with E-state index in [1.54, 1.807) is 35.4 Å². The molecule has 1 N–H and O–H groups in total. The first kappa shape index (κ1) is 18.4. The van der Waals surface area contributed by atoms with Crippen LogP contribution in [0.25, 0.3) is 5.69 Å². The Morgan fingerprint density at radius 2 is 1.81 bits per heavy atom. The zero-order valence-electron chi connectivity index (χ0n) is 13.7. The van der Waals surface area contributed by atoms with E-state index in [0.717, 1.165) is 11.3 Å².